The van der Waals surface area contributed by atoms with Crippen LogP contribution in [0.25, 0.3) is 67.2 Å². The number of aromatic nitrogens is 3. The summed E-state index contributed by atoms with van der Waals surface area (Å²) in [6, 6.07) is 68.9. The fourth-order valence-electron chi connectivity index (χ4n) is 8.22. The highest BCUT2D eigenvalue weighted by Gasteiger charge is 2.37. The minimum atomic E-state index is -1.93. The molecule has 0 saturated heterocycles. The van der Waals surface area contributed by atoms with E-state index < -0.39 is 8.07 Å². The topological polar surface area (TPSA) is 41.9 Å². The summed E-state index contributed by atoms with van der Waals surface area (Å²) in [5.41, 5.74) is 11.0. The molecule has 0 fully saturated rings. The zero-order chi connectivity index (χ0) is 37.6. The van der Waals surface area contributed by atoms with Crippen LogP contribution in [0.1, 0.15) is 0 Å². The van der Waals surface area contributed by atoms with Gasteiger partial charge < -0.3 is 4.90 Å². The summed E-state index contributed by atoms with van der Waals surface area (Å²) in [6.45, 7) is 4.93. The van der Waals surface area contributed by atoms with Crippen molar-refractivity contribution in [3.05, 3.63) is 194 Å². The summed E-state index contributed by atoms with van der Waals surface area (Å²) in [4.78, 5) is 17.9. The van der Waals surface area contributed by atoms with Crippen LogP contribution in [-0.4, -0.2) is 23.0 Å². The molecule has 8 aromatic carbocycles. The summed E-state index contributed by atoms with van der Waals surface area (Å²) in [6.07, 6.45) is 0. The third kappa shape index (κ3) is 5.90. The lowest BCUT2D eigenvalue weighted by atomic mass is 10.00. The Balaban J connectivity index is 1.11. The number of nitrogens with zero attached hydrogens (tertiary/aromatic N) is 4. The van der Waals surface area contributed by atoms with Gasteiger partial charge in [0.2, 0.25) is 0 Å². The summed E-state index contributed by atoms with van der Waals surface area (Å²) in [7, 11) is -1.93. The first-order chi connectivity index (χ1) is 27.5. The van der Waals surface area contributed by atoms with Crippen molar-refractivity contribution in [3.8, 4) is 56.4 Å². The minimum absolute atomic E-state index is 0.618. The van der Waals surface area contributed by atoms with Gasteiger partial charge in [-0.05, 0) is 85.9 Å². The molecule has 1 aliphatic rings. The van der Waals surface area contributed by atoms with Crippen molar-refractivity contribution in [1.29, 1.82) is 0 Å². The summed E-state index contributed by atoms with van der Waals surface area (Å²) < 4.78 is 0. The molecule has 0 atom stereocenters. The number of hydrogen-bond donors (Lipinski definition) is 0. The lowest BCUT2D eigenvalue weighted by Crippen LogP contribution is -2.49. The molecule has 4 nitrogen and oxygen atoms in total. The first kappa shape index (κ1) is 33.6. The van der Waals surface area contributed by atoms with Gasteiger partial charge >= 0.3 is 0 Å². The van der Waals surface area contributed by atoms with Gasteiger partial charge in [-0.2, -0.15) is 0 Å². The normalized spacial score (nSPS) is 12.6. The Bertz CT molecular complexity index is 2890. The maximum atomic E-state index is 5.24. The highest BCUT2D eigenvalue weighted by molar-refractivity contribution is 7.03. The lowest BCUT2D eigenvalue weighted by molar-refractivity contribution is 1.07. The van der Waals surface area contributed by atoms with E-state index in [0.29, 0.717) is 17.5 Å². The number of hydrogen-bond acceptors (Lipinski definition) is 4. The van der Waals surface area contributed by atoms with Crippen molar-refractivity contribution in [2.75, 3.05) is 4.90 Å². The molecule has 1 aliphatic heterocycles. The van der Waals surface area contributed by atoms with E-state index in [9.17, 15) is 0 Å². The van der Waals surface area contributed by atoms with Gasteiger partial charge in [-0.3, -0.25) is 0 Å². The number of para-hydroxylation sites is 2. The van der Waals surface area contributed by atoms with Crippen LogP contribution >= 0.6 is 0 Å². The zero-order valence-corrected chi connectivity index (χ0v) is 32.3. The van der Waals surface area contributed by atoms with Gasteiger partial charge in [0.1, 0.15) is 8.07 Å². The Kier molecular flexibility index (Phi) is 8.23. The molecule has 0 unspecified atom stereocenters. The number of rotatable bonds is 7. The first-order valence-electron chi connectivity index (χ1n) is 19.1. The van der Waals surface area contributed by atoms with Crippen LogP contribution in [0.4, 0.5) is 17.1 Å². The monoisotopic (exact) mass is 734 g/mol. The molecular weight excluding hydrogens is 697 g/mol. The summed E-state index contributed by atoms with van der Waals surface area (Å²) in [5, 5.41) is 5.41. The molecule has 9 aromatic rings. The Morgan fingerprint density at radius 2 is 0.911 bits per heavy atom. The fourth-order valence-corrected chi connectivity index (χ4v) is 11.3. The fraction of sp³-hybridized carbons (Fsp3) is 0.0392. The lowest BCUT2D eigenvalue weighted by Gasteiger charge is -2.29. The molecular formula is C51H38N4Si. The van der Waals surface area contributed by atoms with Crippen molar-refractivity contribution >= 4 is 46.3 Å². The van der Waals surface area contributed by atoms with Crippen molar-refractivity contribution < 1.29 is 0 Å². The van der Waals surface area contributed by atoms with E-state index in [-0.39, 0.29) is 0 Å². The largest absolute Gasteiger partial charge is 0.310 e. The van der Waals surface area contributed by atoms with Crippen LogP contribution in [-0.2, 0) is 0 Å². The molecule has 0 N–H and O–H groups in total. The number of fused-ring (bicyclic) bond motifs is 4. The standard InChI is InChI=1S/C51H38N4Si/c1-56(2)47-24-14-12-21-43(47)44-32-31-42(34-48(44)56)55(41-19-7-4-8-20-41)46-23-13-11-22-45(46)51-53-49(37-16-5-3-6-17-37)52-50(54-51)38-28-25-36(26-29-38)40-30-27-35-15-9-10-18-39(35)33-40/h3-34H,1-2H3. The van der Waals surface area contributed by atoms with Gasteiger partial charge in [-0.25, -0.2) is 15.0 Å². The van der Waals surface area contributed by atoms with Crippen LogP contribution in [0.5, 0.6) is 0 Å². The van der Waals surface area contributed by atoms with Gasteiger partial charge in [-0.1, -0.05) is 165 Å². The van der Waals surface area contributed by atoms with Crippen LogP contribution < -0.4 is 15.3 Å². The second-order valence-corrected chi connectivity index (χ2v) is 19.2. The van der Waals surface area contributed by atoms with Gasteiger partial charge in [0.15, 0.2) is 17.5 Å². The maximum absolute atomic E-state index is 5.24. The van der Waals surface area contributed by atoms with Gasteiger partial charge in [-0.15, -0.1) is 0 Å². The molecule has 56 heavy (non-hydrogen) atoms. The molecule has 0 aliphatic carbocycles. The highest BCUT2D eigenvalue weighted by Crippen LogP contribution is 2.42. The third-order valence-electron chi connectivity index (χ3n) is 11.1. The Morgan fingerprint density at radius 1 is 0.357 bits per heavy atom. The van der Waals surface area contributed by atoms with Crippen LogP contribution in [0.2, 0.25) is 13.1 Å². The second kappa shape index (κ2) is 13.7. The summed E-state index contributed by atoms with van der Waals surface area (Å²) in [5.74, 6) is 1.88. The van der Waals surface area contributed by atoms with E-state index in [4.69, 9.17) is 15.0 Å². The van der Waals surface area contributed by atoms with Crippen molar-refractivity contribution in [2.45, 2.75) is 13.1 Å². The molecule has 1 aromatic heterocycles. The van der Waals surface area contributed by atoms with E-state index in [0.717, 1.165) is 39.3 Å². The molecule has 0 bridgehead atoms. The van der Waals surface area contributed by atoms with E-state index in [1.807, 2.05) is 18.2 Å². The second-order valence-electron chi connectivity index (χ2n) is 14.9. The van der Waals surface area contributed by atoms with Crippen LogP contribution in [0.3, 0.4) is 0 Å². The SMILES string of the molecule is C[Si]1(C)c2ccccc2-c2ccc(N(c3ccccc3)c3ccccc3-c3nc(-c4ccccc4)nc(-c4ccc(-c5ccc6ccccc6c5)cc4)n3)cc21. The Labute approximate surface area is 328 Å². The molecule has 10 rings (SSSR count). The van der Waals surface area contributed by atoms with Gasteiger partial charge in [0.05, 0.1) is 5.69 Å². The first-order valence-corrected chi connectivity index (χ1v) is 22.1. The molecule has 2 heterocycles. The van der Waals surface area contributed by atoms with Crippen molar-refractivity contribution in [1.82, 2.24) is 15.0 Å². The minimum Gasteiger partial charge on any atom is -0.310 e. The molecule has 0 saturated carbocycles. The average molecular weight is 735 g/mol. The van der Waals surface area contributed by atoms with Crippen LogP contribution in [0.15, 0.2) is 194 Å². The van der Waals surface area contributed by atoms with E-state index in [1.165, 1.54) is 37.8 Å². The van der Waals surface area contributed by atoms with Crippen LogP contribution in [0, 0.1) is 0 Å². The molecule has 0 amide bonds. The predicted octanol–water partition coefficient (Wildman–Crippen LogP) is 12.0. The van der Waals surface area contributed by atoms with Gasteiger partial charge in [0, 0.05) is 28.1 Å². The number of anilines is 3. The van der Waals surface area contributed by atoms with Gasteiger partial charge in [0.25, 0.3) is 0 Å². The average Bonchev–Trinajstić information content (AvgIpc) is 3.49. The van der Waals surface area contributed by atoms with E-state index in [1.54, 1.807) is 0 Å². The smallest absolute Gasteiger partial charge is 0.166 e. The molecule has 5 heteroatoms. The molecule has 0 spiro atoms. The predicted molar refractivity (Wildman–Crippen MR) is 236 cm³/mol. The molecule has 0 radical (unpaired) electrons. The van der Waals surface area contributed by atoms with E-state index in [2.05, 4.69) is 194 Å². The number of benzene rings is 8. The third-order valence-corrected chi connectivity index (χ3v) is 14.7. The molecule has 266 valence electrons. The Hall–Kier alpha value is -6.95. The zero-order valence-electron chi connectivity index (χ0n) is 31.3. The van der Waals surface area contributed by atoms with E-state index >= 15 is 0 Å². The Morgan fingerprint density at radius 3 is 1.68 bits per heavy atom. The quantitative estimate of drug-likeness (QED) is 0.153. The summed E-state index contributed by atoms with van der Waals surface area (Å²) >= 11 is 0. The van der Waals surface area contributed by atoms with Crippen molar-refractivity contribution in [3.63, 3.8) is 0 Å². The maximum Gasteiger partial charge on any atom is 0.166 e. The van der Waals surface area contributed by atoms with Crippen molar-refractivity contribution in [2.24, 2.45) is 0 Å². The highest BCUT2D eigenvalue weighted by atomic mass is 28.3.